The Kier molecular flexibility index (Phi) is 5.13. The molecule has 0 saturated carbocycles. The van der Waals surface area contributed by atoms with Crippen LogP contribution in [0.4, 0.5) is 13.2 Å². The molecular weight excluding hydrogens is 397 g/mol. The molecule has 2 aromatic heterocycles. The number of halogens is 3. The fourth-order valence-corrected chi connectivity index (χ4v) is 3.62. The van der Waals surface area contributed by atoms with E-state index in [1.807, 2.05) is 19.1 Å². The van der Waals surface area contributed by atoms with Gasteiger partial charge in [-0.25, -0.2) is 4.68 Å². The summed E-state index contributed by atoms with van der Waals surface area (Å²) in [7, 11) is 0. The number of nitrogens with zero attached hydrogens (tertiary/aromatic N) is 4. The number of ether oxygens (including phenoxy) is 1. The van der Waals surface area contributed by atoms with Crippen LogP contribution < -0.4 is 4.74 Å². The van der Waals surface area contributed by atoms with Gasteiger partial charge in [-0.15, -0.1) is 0 Å². The van der Waals surface area contributed by atoms with Crippen molar-refractivity contribution in [2.24, 2.45) is 0 Å². The van der Waals surface area contributed by atoms with Gasteiger partial charge in [0.2, 0.25) is 5.88 Å². The maximum atomic E-state index is 13.8. The van der Waals surface area contributed by atoms with Crippen molar-refractivity contribution >= 4 is 16.9 Å². The van der Waals surface area contributed by atoms with Crippen molar-refractivity contribution in [1.29, 1.82) is 0 Å². The van der Waals surface area contributed by atoms with E-state index in [1.165, 1.54) is 11.6 Å². The van der Waals surface area contributed by atoms with Crippen LogP contribution in [0.2, 0.25) is 0 Å². The molecule has 1 saturated heterocycles. The first-order chi connectivity index (χ1) is 14.2. The van der Waals surface area contributed by atoms with Crippen molar-refractivity contribution in [3.63, 3.8) is 0 Å². The minimum atomic E-state index is -4.62. The summed E-state index contributed by atoms with van der Waals surface area (Å²) in [4.78, 5) is 18.1. The Labute approximate surface area is 171 Å². The highest BCUT2D eigenvalue weighted by Gasteiger charge is 2.36. The average Bonchev–Trinajstić information content (AvgIpc) is 3.34. The van der Waals surface area contributed by atoms with Gasteiger partial charge in [0.25, 0.3) is 5.91 Å². The first-order valence-corrected chi connectivity index (χ1v) is 9.69. The number of hydrogen-bond acceptors (Lipinski definition) is 4. The standard InChI is InChI=1S/C21H21F3N4O2/c1-13-5-7-15(8-6-13)28-20-19(14(2)26-28)16(21(22,23)24)11-17(25-20)30-12-18(29)27-9-3-4-10-27/h5-8,11H,3-4,9-10,12H2,1-2H3. The average molecular weight is 418 g/mol. The van der Waals surface area contributed by atoms with Gasteiger partial charge in [0.15, 0.2) is 12.3 Å². The summed E-state index contributed by atoms with van der Waals surface area (Å²) in [6.07, 6.45) is -2.78. The van der Waals surface area contributed by atoms with Crippen molar-refractivity contribution in [3.05, 3.63) is 47.2 Å². The van der Waals surface area contributed by atoms with E-state index < -0.39 is 11.7 Å². The Morgan fingerprint density at radius 1 is 1.13 bits per heavy atom. The number of likely N-dealkylation sites (tertiary alicyclic amines) is 1. The van der Waals surface area contributed by atoms with Gasteiger partial charge in [0.1, 0.15) is 0 Å². The number of benzene rings is 1. The van der Waals surface area contributed by atoms with Gasteiger partial charge in [-0.1, -0.05) is 17.7 Å². The molecule has 0 aliphatic carbocycles. The third kappa shape index (κ3) is 3.83. The smallest absolute Gasteiger partial charge is 0.417 e. The quantitative estimate of drug-likeness (QED) is 0.641. The van der Waals surface area contributed by atoms with Crippen LogP contribution in [0.1, 0.15) is 29.7 Å². The van der Waals surface area contributed by atoms with Crippen molar-refractivity contribution in [3.8, 4) is 11.6 Å². The van der Waals surface area contributed by atoms with E-state index in [0.717, 1.165) is 24.5 Å². The van der Waals surface area contributed by atoms with Crippen LogP contribution >= 0.6 is 0 Å². The van der Waals surface area contributed by atoms with Crippen LogP contribution in [0.5, 0.6) is 5.88 Å². The van der Waals surface area contributed by atoms with E-state index in [4.69, 9.17) is 4.74 Å². The predicted molar refractivity (Wildman–Crippen MR) is 105 cm³/mol. The molecule has 6 nitrogen and oxygen atoms in total. The minimum Gasteiger partial charge on any atom is -0.467 e. The molecule has 0 spiro atoms. The summed E-state index contributed by atoms with van der Waals surface area (Å²) in [5, 5.41) is 4.20. The molecule has 1 aromatic carbocycles. The SMILES string of the molecule is Cc1ccc(-n2nc(C)c3c(C(F)(F)F)cc(OCC(=O)N4CCCC4)nc32)cc1. The maximum Gasteiger partial charge on any atom is 0.417 e. The van der Waals surface area contributed by atoms with Crippen LogP contribution in [0.15, 0.2) is 30.3 Å². The molecule has 1 aliphatic rings. The Hall–Kier alpha value is -3.10. The van der Waals surface area contributed by atoms with E-state index in [1.54, 1.807) is 17.0 Å². The van der Waals surface area contributed by atoms with Crippen LogP contribution in [-0.2, 0) is 11.0 Å². The Morgan fingerprint density at radius 2 is 1.80 bits per heavy atom. The molecule has 1 amide bonds. The van der Waals surface area contributed by atoms with Crippen LogP contribution in [0, 0.1) is 13.8 Å². The first kappa shape index (κ1) is 20.2. The lowest BCUT2D eigenvalue weighted by Crippen LogP contribution is -2.32. The van der Waals surface area contributed by atoms with E-state index in [0.29, 0.717) is 18.8 Å². The van der Waals surface area contributed by atoms with E-state index in [-0.39, 0.29) is 35.1 Å². The number of amides is 1. The fourth-order valence-electron chi connectivity index (χ4n) is 3.62. The second-order valence-corrected chi connectivity index (χ2v) is 7.41. The van der Waals surface area contributed by atoms with E-state index in [9.17, 15) is 18.0 Å². The van der Waals surface area contributed by atoms with Crippen molar-refractivity contribution in [2.75, 3.05) is 19.7 Å². The summed E-state index contributed by atoms with van der Waals surface area (Å²) in [5.41, 5.74) is 0.969. The molecule has 4 rings (SSSR count). The number of aromatic nitrogens is 3. The number of hydrogen-bond donors (Lipinski definition) is 0. The molecule has 30 heavy (non-hydrogen) atoms. The third-order valence-corrected chi connectivity index (χ3v) is 5.18. The van der Waals surface area contributed by atoms with Gasteiger partial charge in [-0.05, 0) is 38.8 Å². The summed E-state index contributed by atoms with van der Waals surface area (Å²) in [6.45, 7) is 4.36. The molecular formula is C21H21F3N4O2. The molecule has 158 valence electrons. The predicted octanol–water partition coefficient (Wildman–Crippen LogP) is 4.06. The summed E-state index contributed by atoms with van der Waals surface area (Å²) >= 11 is 0. The van der Waals surface area contributed by atoms with Crippen molar-refractivity contribution in [2.45, 2.75) is 32.9 Å². The summed E-state index contributed by atoms with van der Waals surface area (Å²) in [6, 6.07) is 8.06. The van der Waals surface area contributed by atoms with Gasteiger partial charge in [0.05, 0.1) is 22.3 Å². The minimum absolute atomic E-state index is 0.0369. The molecule has 0 N–H and O–H groups in total. The second kappa shape index (κ2) is 7.62. The normalized spacial score (nSPS) is 14.5. The van der Waals surface area contributed by atoms with Gasteiger partial charge in [0, 0.05) is 19.2 Å². The highest BCUT2D eigenvalue weighted by atomic mass is 19.4. The first-order valence-electron chi connectivity index (χ1n) is 9.69. The molecule has 9 heteroatoms. The molecule has 3 heterocycles. The number of aryl methyl sites for hydroxylation is 2. The summed E-state index contributed by atoms with van der Waals surface area (Å²) < 4.78 is 48.1. The zero-order valence-electron chi connectivity index (χ0n) is 16.7. The monoisotopic (exact) mass is 418 g/mol. The van der Waals surface area contributed by atoms with E-state index >= 15 is 0 Å². The van der Waals surface area contributed by atoms with Gasteiger partial charge < -0.3 is 9.64 Å². The maximum absolute atomic E-state index is 13.8. The number of alkyl halides is 3. The Bertz CT molecular complexity index is 1080. The number of carbonyl (C=O) groups is 1. The number of rotatable bonds is 4. The molecule has 0 unspecified atom stereocenters. The number of carbonyl (C=O) groups excluding carboxylic acids is 1. The third-order valence-electron chi connectivity index (χ3n) is 5.18. The lowest BCUT2D eigenvalue weighted by molar-refractivity contribution is -0.136. The lowest BCUT2D eigenvalue weighted by atomic mass is 10.1. The molecule has 1 fully saturated rings. The Morgan fingerprint density at radius 3 is 2.43 bits per heavy atom. The molecule has 0 bridgehead atoms. The highest BCUT2D eigenvalue weighted by Crippen LogP contribution is 2.38. The van der Waals surface area contributed by atoms with Gasteiger partial charge in [-0.2, -0.15) is 23.3 Å². The van der Waals surface area contributed by atoms with Gasteiger partial charge >= 0.3 is 6.18 Å². The summed E-state index contributed by atoms with van der Waals surface area (Å²) in [5.74, 6) is -0.512. The Balaban J connectivity index is 1.76. The number of pyridine rings is 1. The zero-order chi connectivity index (χ0) is 21.5. The van der Waals surface area contributed by atoms with Gasteiger partial charge in [-0.3, -0.25) is 4.79 Å². The molecule has 3 aromatic rings. The number of fused-ring (bicyclic) bond motifs is 1. The second-order valence-electron chi connectivity index (χ2n) is 7.41. The van der Waals surface area contributed by atoms with Crippen molar-refractivity contribution < 1.29 is 22.7 Å². The van der Waals surface area contributed by atoms with Crippen LogP contribution in [0.3, 0.4) is 0 Å². The largest absolute Gasteiger partial charge is 0.467 e. The van der Waals surface area contributed by atoms with Crippen molar-refractivity contribution in [1.82, 2.24) is 19.7 Å². The fraction of sp³-hybridized carbons (Fsp3) is 0.381. The highest BCUT2D eigenvalue weighted by molar-refractivity contribution is 5.85. The lowest BCUT2D eigenvalue weighted by Gasteiger charge is -2.16. The van der Waals surface area contributed by atoms with E-state index in [2.05, 4.69) is 10.1 Å². The zero-order valence-corrected chi connectivity index (χ0v) is 16.7. The topological polar surface area (TPSA) is 60.3 Å². The van der Waals surface area contributed by atoms with Crippen LogP contribution in [0.25, 0.3) is 16.7 Å². The molecule has 0 atom stereocenters. The van der Waals surface area contributed by atoms with Crippen LogP contribution in [-0.4, -0.2) is 45.3 Å². The molecule has 0 radical (unpaired) electrons. The molecule has 1 aliphatic heterocycles.